The number of hydrogen-bond donors (Lipinski definition) is 1. The van der Waals surface area contributed by atoms with Crippen LogP contribution >= 0.6 is 24.0 Å². The molecule has 0 saturated carbocycles. The third-order valence-electron chi connectivity index (χ3n) is 5.04. The first-order valence-corrected chi connectivity index (χ1v) is 11.3. The molecule has 0 atom stereocenters. The normalized spacial score (nSPS) is 15.2. The molecular weight excluding hydrogens is 511 g/mol. The van der Waals surface area contributed by atoms with Crippen LogP contribution in [0.5, 0.6) is 0 Å². The van der Waals surface area contributed by atoms with Crippen molar-refractivity contribution >= 4 is 42.0 Å². The van der Waals surface area contributed by atoms with Gasteiger partial charge in [0.2, 0.25) is 0 Å². The van der Waals surface area contributed by atoms with E-state index < -0.39 is 5.60 Å². The minimum absolute atomic E-state index is 0. The zero-order chi connectivity index (χ0) is 22.6. The van der Waals surface area contributed by atoms with Crippen LogP contribution < -0.4 is 5.32 Å². The topological polar surface area (TPSA) is 83.5 Å². The number of amides is 1. The lowest BCUT2D eigenvalue weighted by Gasteiger charge is -2.36. The maximum absolute atomic E-state index is 12.4. The summed E-state index contributed by atoms with van der Waals surface area (Å²) in [5.74, 6) is 1.24. The Morgan fingerprint density at radius 1 is 1.16 bits per heavy atom. The van der Waals surface area contributed by atoms with Crippen LogP contribution in [-0.4, -0.2) is 79.8 Å². The molecule has 1 heterocycles. The van der Waals surface area contributed by atoms with Gasteiger partial charge in [0.25, 0.3) is 0 Å². The van der Waals surface area contributed by atoms with E-state index in [-0.39, 0.29) is 36.0 Å². The van der Waals surface area contributed by atoms with Gasteiger partial charge in [0.1, 0.15) is 5.60 Å². The SMILES string of the molecule is CCNC(=NCCCCC(=O)OC)N1CCC(CN(CC)C(=O)OC(C)(C)C)CC1.I. The van der Waals surface area contributed by atoms with Crippen molar-refractivity contribution in [2.45, 2.75) is 72.3 Å². The highest BCUT2D eigenvalue weighted by Gasteiger charge is 2.27. The van der Waals surface area contributed by atoms with Crippen molar-refractivity contribution in [3.05, 3.63) is 0 Å². The largest absolute Gasteiger partial charge is 0.469 e. The summed E-state index contributed by atoms with van der Waals surface area (Å²) in [6, 6.07) is 0. The second-order valence-electron chi connectivity index (χ2n) is 8.72. The van der Waals surface area contributed by atoms with Gasteiger partial charge < -0.3 is 24.6 Å². The highest BCUT2D eigenvalue weighted by Crippen LogP contribution is 2.20. The molecule has 0 spiro atoms. The molecule has 182 valence electrons. The van der Waals surface area contributed by atoms with Crippen LogP contribution in [0.2, 0.25) is 0 Å². The zero-order valence-electron chi connectivity index (χ0n) is 20.2. The van der Waals surface area contributed by atoms with E-state index in [0.29, 0.717) is 25.4 Å². The smallest absolute Gasteiger partial charge is 0.410 e. The molecule has 0 aliphatic carbocycles. The van der Waals surface area contributed by atoms with Crippen LogP contribution in [0, 0.1) is 5.92 Å². The molecule has 1 N–H and O–H groups in total. The molecule has 1 rings (SSSR count). The minimum atomic E-state index is -0.470. The Hall–Kier alpha value is -1.26. The van der Waals surface area contributed by atoms with Crippen molar-refractivity contribution in [2.75, 3.05) is 46.4 Å². The van der Waals surface area contributed by atoms with Crippen molar-refractivity contribution in [1.82, 2.24) is 15.1 Å². The van der Waals surface area contributed by atoms with Gasteiger partial charge in [-0.25, -0.2) is 4.79 Å². The van der Waals surface area contributed by atoms with Crippen LogP contribution in [0.25, 0.3) is 0 Å². The van der Waals surface area contributed by atoms with Gasteiger partial charge in [-0.2, -0.15) is 0 Å². The minimum Gasteiger partial charge on any atom is -0.469 e. The highest BCUT2D eigenvalue weighted by molar-refractivity contribution is 14.0. The third-order valence-corrected chi connectivity index (χ3v) is 5.04. The summed E-state index contributed by atoms with van der Waals surface area (Å²) in [4.78, 5) is 32.4. The molecule has 1 saturated heterocycles. The van der Waals surface area contributed by atoms with Crippen LogP contribution in [0.3, 0.4) is 0 Å². The fourth-order valence-corrected chi connectivity index (χ4v) is 3.39. The summed E-state index contributed by atoms with van der Waals surface area (Å²) in [5.41, 5.74) is -0.470. The summed E-state index contributed by atoms with van der Waals surface area (Å²) in [7, 11) is 1.42. The van der Waals surface area contributed by atoms with E-state index >= 15 is 0 Å². The average molecular weight is 555 g/mol. The number of piperidine rings is 1. The fourth-order valence-electron chi connectivity index (χ4n) is 3.39. The van der Waals surface area contributed by atoms with Crippen molar-refractivity contribution in [1.29, 1.82) is 0 Å². The lowest BCUT2D eigenvalue weighted by Crippen LogP contribution is -2.48. The second kappa shape index (κ2) is 15.5. The predicted octanol–water partition coefficient (Wildman–Crippen LogP) is 3.88. The molecule has 1 fully saturated rings. The van der Waals surface area contributed by atoms with E-state index in [1.165, 1.54) is 7.11 Å². The van der Waals surface area contributed by atoms with Gasteiger partial charge in [0.15, 0.2) is 5.96 Å². The molecule has 1 aliphatic heterocycles. The van der Waals surface area contributed by atoms with Crippen molar-refractivity contribution in [2.24, 2.45) is 10.9 Å². The monoisotopic (exact) mass is 554 g/mol. The van der Waals surface area contributed by atoms with E-state index in [2.05, 4.69) is 21.9 Å². The number of ether oxygens (including phenoxy) is 2. The van der Waals surface area contributed by atoms with Gasteiger partial charge in [-0.1, -0.05) is 0 Å². The summed E-state index contributed by atoms with van der Waals surface area (Å²) in [6.07, 6.45) is 3.91. The van der Waals surface area contributed by atoms with E-state index in [9.17, 15) is 9.59 Å². The number of rotatable bonds is 9. The number of nitrogens with one attached hydrogen (secondary N) is 1. The molecule has 0 unspecified atom stereocenters. The number of nitrogens with zero attached hydrogens (tertiary/aromatic N) is 3. The maximum Gasteiger partial charge on any atom is 0.410 e. The molecule has 0 aromatic heterocycles. The molecule has 8 nitrogen and oxygen atoms in total. The van der Waals surface area contributed by atoms with Crippen molar-refractivity contribution in [3.63, 3.8) is 0 Å². The summed E-state index contributed by atoms with van der Waals surface area (Å²) in [5, 5.41) is 3.37. The van der Waals surface area contributed by atoms with E-state index in [4.69, 9.17) is 9.73 Å². The van der Waals surface area contributed by atoms with Gasteiger partial charge in [0.05, 0.1) is 7.11 Å². The van der Waals surface area contributed by atoms with E-state index in [1.807, 2.05) is 32.6 Å². The summed E-state index contributed by atoms with van der Waals surface area (Å²) >= 11 is 0. The molecule has 1 amide bonds. The van der Waals surface area contributed by atoms with E-state index in [1.54, 1.807) is 0 Å². The Morgan fingerprint density at radius 2 is 1.81 bits per heavy atom. The first-order chi connectivity index (χ1) is 14.2. The Morgan fingerprint density at radius 3 is 2.32 bits per heavy atom. The summed E-state index contributed by atoms with van der Waals surface area (Å²) < 4.78 is 10.2. The highest BCUT2D eigenvalue weighted by atomic mass is 127. The number of aliphatic imine (C=N–C) groups is 1. The number of guanidine groups is 1. The first kappa shape index (κ1) is 29.7. The standard InChI is InChI=1S/C22H42N4O4.HI/c1-7-23-20(24-14-10-9-11-19(27)29-6)26-15-12-18(13-16-26)17-25(8-2)21(28)30-22(3,4)5;/h18H,7-17H2,1-6H3,(H,23,24);1H. The molecular formula is C22H43IN4O4. The second-order valence-corrected chi connectivity index (χ2v) is 8.72. The molecule has 9 heteroatoms. The van der Waals surface area contributed by atoms with Gasteiger partial charge in [0, 0.05) is 45.7 Å². The van der Waals surface area contributed by atoms with Gasteiger partial charge in [-0.3, -0.25) is 9.79 Å². The van der Waals surface area contributed by atoms with Crippen molar-refractivity contribution < 1.29 is 19.1 Å². The number of esters is 1. The Kier molecular flexibility index (Phi) is 14.9. The molecule has 0 aromatic rings. The lowest BCUT2D eigenvalue weighted by atomic mass is 9.96. The number of methoxy groups -OCH3 is 1. The Labute approximate surface area is 205 Å². The first-order valence-electron chi connectivity index (χ1n) is 11.3. The van der Waals surface area contributed by atoms with Crippen LogP contribution in [0.15, 0.2) is 4.99 Å². The zero-order valence-corrected chi connectivity index (χ0v) is 22.6. The van der Waals surface area contributed by atoms with Crippen LogP contribution in [-0.2, 0) is 14.3 Å². The third kappa shape index (κ3) is 12.4. The van der Waals surface area contributed by atoms with Crippen LogP contribution in [0.1, 0.15) is 66.7 Å². The van der Waals surface area contributed by atoms with E-state index in [0.717, 1.165) is 57.8 Å². The number of unbranched alkanes of at least 4 members (excludes halogenated alkanes) is 1. The average Bonchev–Trinajstić information content (AvgIpc) is 2.69. The molecule has 31 heavy (non-hydrogen) atoms. The predicted molar refractivity (Wildman–Crippen MR) is 135 cm³/mol. The number of likely N-dealkylation sites (tertiary alicyclic amines) is 1. The quantitative estimate of drug-likeness (QED) is 0.153. The maximum atomic E-state index is 12.4. The van der Waals surface area contributed by atoms with Gasteiger partial charge in [-0.05, 0) is 66.2 Å². The number of carbonyl (C=O) groups is 2. The fraction of sp³-hybridized carbons (Fsp3) is 0.864. The van der Waals surface area contributed by atoms with Crippen molar-refractivity contribution in [3.8, 4) is 0 Å². The Bertz CT molecular complexity index is 558. The summed E-state index contributed by atoms with van der Waals surface area (Å²) in [6.45, 7) is 14.5. The van der Waals surface area contributed by atoms with Crippen LogP contribution in [0.4, 0.5) is 4.79 Å². The molecule has 0 bridgehead atoms. The number of hydrogen-bond acceptors (Lipinski definition) is 5. The molecule has 0 radical (unpaired) electrons. The Balaban J connectivity index is 0.00000900. The molecule has 1 aliphatic rings. The number of carbonyl (C=O) groups excluding carboxylic acids is 2. The van der Waals surface area contributed by atoms with Gasteiger partial charge in [-0.15, -0.1) is 24.0 Å². The number of halogens is 1. The van der Waals surface area contributed by atoms with Gasteiger partial charge >= 0.3 is 12.1 Å². The lowest BCUT2D eigenvalue weighted by molar-refractivity contribution is -0.140. The molecule has 0 aromatic carbocycles.